The molecule has 0 unspecified atom stereocenters. The Labute approximate surface area is 69.4 Å². The van der Waals surface area contributed by atoms with Gasteiger partial charge in [0.05, 0.1) is 0 Å². The summed E-state index contributed by atoms with van der Waals surface area (Å²) in [6.45, 7) is -3.81. The van der Waals surface area contributed by atoms with Crippen LogP contribution in [0.1, 0.15) is 0 Å². The zero-order valence-electron chi connectivity index (χ0n) is 5.58. The second-order valence-electron chi connectivity index (χ2n) is 1.59. The predicted octanol–water partition coefficient (Wildman–Crippen LogP) is -0.312. The molecule has 0 atom stereocenters. The Morgan fingerprint density at radius 3 is 1.45 bits per heavy atom. The first-order valence-electron chi connectivity index (χ1n) is 2.69. The number of nitrogens with one attached hydrogen (secondary N) is 1. The first-order chi connectivity index (χ1) is 5.00. The molecule has 0 amide bonds. The van der Waals surface area contributed by atoms with Crippen molar-refractivity contribution in [2.45, 2.75) is 0 Å². The van der Waals surface area contributed by atoms with Gasteiger partial charge in [-0.15, -0.1) is 0 Å². The van der Waals surface area contributed by atoms with Crippen LogP contribution < -0.4 is 4.98 Å². The molecule has 0 radical (unpaired) electrons. The highest BCUT2D eigenvalue weighted by Crippen LogP contribution is 2.26. The lowest BCUT2D eigenvalue weighted by atomic mass is 10.5. The maximum absolute atomic E-state index is 7.56. The summed E-state index contributed by atoms with van der Waals surface area (Å²) in [5, 5.41) is 0. The highest BCUT2D eigenvalue weighted by atomic mass is 32.5. The average molecular weight is 194 g/mol. The van der Waals surface area contributed by atoms with Crippen LogP contribution in [0.15, 0.2) is 30.6 Å². The lowest BCUT2D eigenvalue weighted by Crippen LogP contribution is -1.93. The minimum absolute atomic E-state index is 1.88. The van der Waals surface area contributed by atoms with E-state index in [4.69, 9.17) is 14.7 Å². The van der Waals surface area contributed by atoms with Gasteiger partial charge in [-0.05, 0) is 11.8 Å². The molecule has 4 nitrogen and oxygen atoms in total. The van der Waals surface area contributed by atoms with Crippen molar-refractivity contribution >= 4 is 18.5 Å². The Kier molecular flexibility index (Phi) is 5.19. The van der Waals surface area contributed by atoms with Gasteiger partial charge in [-0.25, -0.2) is 4.98 Å². The molecule has 4 N–H and O–H groups in total. The summed E-state index contributed by atoms with van der Waals surface area (Å²) in [5.74, 6) is 0. The molecule has 62 valence electrons. The normalized spacial score (nSPS) is 9.73. The summed E-state index contributed by atoms with van der Waals surface area (Å²) in [7, 11) is 0. The first kappa shape index (κ1) is 10.7. The van der Waals surface area contributed by atoms with Crippen LogP contribution in [0.25, 0.3) is 0 Å². The number of H-pyrrole nitrogens is 1. The van der Waals surface area contributed by atoms with Crippen LogP contribution in [-0.4, -0.2) is 14.7 Å². The molecule has 0 bridgehead atoms. The van der Waals surface area contributed by atoms with Gasteiger partial charge >= 0.3 is 6.72 Å². The number of aromatic nitrogens is 1. The van der Waals surface area contributed by atoms with E-state index in [-0.39, 0.29) is 0 Å². The molecule has 1 aromatic rings. The number of rotatable bonds is 0. The highest BCUT2D eigenvalue weighted by Gasteiger charge is 1.92. The zero-order chi connectivity index (χ0) is 8.74. The van der Waals surface area contributed by atoms with Crippen molar-refractivity contribution < 1.29 is 19.7 Å². The minimum Gasteiger partial charge on any atom is -0.325 e. The van der Waals surface area contributed by atoms with Crippen LogP contribution in [0.2, 0.25) is 0 Å². The van der Waals surface area contributed by atoms with Gasteiger partial charge in [0, 0.05) is 12.1 Å². The van der Waals surface area contributed by atoms with Crippen molar-refractivity contribution in [3.8, 4) is 0 Å². The standard InChI is InChI=1S/C5H5N.H3O3PS/c1-2-4-6-5-3-1;1-4(2,3)5/h1-5H;(H3,1,2,3,5)/p+1. The maximum Gasteiger partial charge on any atom is 0.319 e. The molecule has 0 spiro atoms. The summed E-state index contributed by atoms with van der Waals surface area (Å²) >= 11 is 3.60. The molecule has 0 saturated carbocycles. The van der Waals surface area contributed by atoms with Gasteiger partial charge in [-0.2, -0.15) is 0 Å². The summed E-state index contributed by atoms with van der Waals surface area (Å²) in [4.78, 5) is 25.6. The van der Waals surface area contributed by atoms with Gasteiger partial charge in [-0.3, -0.25) is 0 Å². The van der Waals surface area contributed by atoms with E-state index in [1.165, 1.54) is 0 Å². The summed E-state index contributed by atoms with van der Waals surface area (Å²) in [5.41, 5.74) is 0. The number of pyridine rings is 1. The molecule has 1 rings (SSSR count). The van der Waals surface area contributed by atoms with E-state index in [0.29, 0.717) is 0 Å². The maximum atomic E-state index is 7.56. The fraction of sp³-hybridized carbons (Fsp3) is 0. The molecular weight excluding hydrogens is 185 g/mol. The van der Waals surface area contributed by atoms with Crippen molar-refractivity contribution in [1.82, 2.24) is 0 Å². The fourth-order valence-electron chi connectivity index (χ4n) is 0.342. The Balaban J connectivity index is 0.000000187. The molecule has 0 aliphatic carbocycles. The van der Waals surface area contributed by atoms with Gasteiger partial charge in [0.2, 0.25) is 0 Å². The van der Waals surface area contributed by atoms with Crippen molar-refractivity contribution in [2.24, 2.45) is 0 Å². The molecule has 0 fully saturated rings. The number of hydrogen-bond donors (Lipinski definition) is 3. The fourth-order valence-corrected chi connectivity index (χ4v) is 0.342. The molecule has 0 saturated heterocycles. The Bertz CT molecular complexity index is 189. The van der Waals surface area contributed by atoms with Crippen LogP contribution in [0.5, 0.6) is 0 Å². The van der Waals surface area contributed by atoms with Crippen molar-refractivity contribution in [1.29, 1.82) is 0 Å². The molecular formula is C5H9NO3PS+. The van der Waals surface area contributed by atoms with Gasteiger partial charge in [0.1, 0.15) is 0 Å². The minimum atomic E-state index is -3.81. The molecule has 1 heterocycles. The average Bonchev–Trinajstić information content (AvgIpc) is 1.88. The topological polar surface area (TPSA) is 74.8 Å². The van der Waals surface area contributed by atoms with Crippen molar-refractivity contribution in [3.05, 3.63) is 30.6 Å². The Morgan fingerprint density at radius 1 is 1.00 bits per heavy atom. The number of hydrogen-bond acceptors (Lipinski definition) is 1. The summed E-state index contributed by atoms with van der Waals surface area (Å²) in [6.07, 6.45) is 3.75. The van der Waals surface area contributed by atoms with Crippen LogP contribution in [0.4, 0.5) is 0 Å². The second kappa shape index (κ2) is 5.35. The van der Waals surface area contributed by atoms with E-state index >= 15 is 0 Å². The Hall–Kier alpha value is -0.320. The molecule has 11 heavy (non-hydrogen) atoms. The van der Waals surface area contributed by atoms with Crippen molar-refractivity contribution in [3.63, 3.8) is 0 Å². The van der Waals surface area contributed by atoms with Gasteiger partial charge in [0.15, 0.2) is 12.4 Å². The smallest absolute Gasteiger partial charge is 0.319 e. The van der Waals surface area contributed by atoms with Crippen molar-refractivity contribution in [2.75, 3.05) is 0 Å². The molecule has 0 aliphatic rings. The molecule has 6 heteroatoms. The van der Waals surface area contributed by atoms with Gasteiger partial charge in [0.25, 0.3) is 0 Å². The molecule has 0 aliphatic heterocycles. The molecule has 0 aromatic carbocycles. The lowest BCUT2D eigenvalue weighted by Gasteiger charge is -1.88. The Morgan fingerprint density at radius 2 is 1.36 bits per heavy atom. The monoisotopic (exact) mass is 194 g/mol. The number of aromatic amines is 1. The SMILES string of the molecule is OP(O)(O)=S.c1cc[nH+]cc1. The van der Waals surface area contributed by atoms with E-state index in [1.54, 1.807) is 0 Å². The zero-order valence-corrected chi connectivity index (χ0v) is 7.29. The third-order valence-corrected chi connectivity index (χ3v) is 0.607. The van der Waals surface area contributed by atoms with E-state index in [1.807, 2.05) is 30.6 Å². The van der Waals surface area contributed by atoms with E-state index in [9.17, 15) is 0 Å². The van der Waals surface area contributed by atoms with E-state index in [0.717, 1.165) is 0 Å². The third kappa shape index (κ3) is 17.7. The largest absolute Gasteiger partial charge is 0.325 e. The lowest BCUT2D eigenvalue weighted by molar-refractivity contribution is -0.377. The van der Waals surface area contributed by atoms with Gasteiger partial charge < -0.3 is 14.7 Å². The third-order valence-electron chi connectivity index (χ3n) is 0.607. The van der Waals surface area contributed by atoms with Crippen LogP contribution in [0.3, 0.4) is 0 Å². The van der Waals surface area contributed by atoms with E-state index < -0.39 is 6.72 Å². The summed E-state index contributed by atoms with van der Waals surface area (Å²) in [6, 6.07) is 5.86. The highest BCUT2D eigenvalue weighted by molar-refractivity contribution is 8.06. The quantitative estimate of drug-likeness (QED) is 0.495. The van der Waals surface area contributed by atoms with Gasteiger partial charge in [-0.1, -0.05) is 6.07 Å². The van der Waals surface area contributed by atoms with E-state index in [2.05, 4.69) is 16.8 Å². The van der Waals surface area contributed by atoms with Crippen LogP contribution in [0, 0.1) is 0 Å². The second-order valence-corrected chi connectivity index (χ2v) is 4.09. The first-order valence-corrected chi connectivity index (χ1v) is 5.35. The van der Waals surface area contributed by atoms with Crippen LogP contribution >= 0.6 is 6.72 Å². The summed E-state index contributed by atoms with van der Waals surface area (Å²) < 4.78 is 0. The predicted molar refractivity (Wildman–Crippen MR) is 43.9 cm³/mol. The van der Waals surface area contributed by atoms with Crippen LogP contribution in [-0.2, 0) is 11.8 Å². The molecule has 1 aromatic heterocycles.